The Morgan fingerprint density at radius 2 is 2.05 bits per heavy atom. The summed E-state index contributed by atoms with van der Waals surface area (Å²) in [4.78, 5) is 7.01. The number of aromatic nitrogens is 2. The van der Waals surface area contributed by atoms with Gasteiger partial charge < -0.3 is 14.8 Å². The van der Waals surface area contributed by atoms with Crippen LogP contribution in [-0.2, 0) is 13.1 Å². The Morgan fingerprint density at radius 1 is 1.26 bits per heavy atom. The second-order valence-corrected chi connectivity index (χ2v) is 4.83. The number of imidazole rings is 1. The summed E-state index contributed by atoms with van der Waals surface area (Å²) < 4.78 is 2.28. The maximum absolute atomic E-state index is 4.71. The van der Waals surface area contributed by atoms with E-state index in [9.17, 15) is 0 Å². The van der Waals surface area contributed by atoms with Gasteiger partial charge in [-0.1, -0.05) is 19.1 Å². The average Bonchev–Trinajstić information content (AvgIpc) is 2.80. The van der Waals surface area contributed by atoms with Crippen molar-refractivity contribution in [2.24, 2.45) is 0 Å². The zero-order valence-electron chi connectivity index (χ0n) is 12.2. The van der Waals surface area contributed by atoms with Crippen molar-refractivity contribution >= 4 is 11.0 Å². The van der Waals surface area contributed by atoms with Crippen molar-refractivity contribution in [2.45, 2.75) is 26.9 Å². The quantitative estimate of drug-likeness (QED) is 0.774. The predicted molar refractivity (Wildman–Crippen MR) is 80.3 cm³/mol. The van der Waals surface area contributed by atoms with Crippen LogP contribution in [0, 0.1) is 0 Å². The molecule has 1 aromatic heterocycles. The van der Waals surface area contributed by atoms with E-state index in [1.54, 1.807) is 0 Å². The van der Waals surface area contributed by atoms with Gasteiger partial charge in [-0.25, -0.2) is 4.98 Å². The van der Waals surface area contributed by atoms with E-state index in [2.05, 4.69) is 53.9 Å². The third-order valence-electron chi connectivity index (χ3n) is 3.54. The molecule has 1 heterocycles. The van der Waals surface area contributed by atoms with E-state index < -0.39 is 0 Å². The molecule has 0 saturated carbocycles. The molecule has 2 rings (SSSR count). The Hall–Kier alpha value is -1.39. The zero-order valence-corrected chi connectivity index (χ0v) is 12.2. The molecule has 1 N–H and O–H groups in total. The highest BCUT2D eigenvalue weighted by Gasteiger charge is 2.08. The van der Waals surface area contributed by atoms with Crippen molar-refractivity contribution in [3.63, 3.8) is 0 Å². The van der Waals surface area contributed by atoms with Gasteiger partial charge in [-0.2, -0.15) is 0 Å². The van der Waals surface area contributed by atoms with Crippen LogP contribution in [0.1, 0.15) is 19.7 Å². The number of nitrogens with zero attached hydrogens (tertiary/aromatic N) is 3. The molecule has 0 fully saturated rings. The molecule has 0 spiro atoms. The van der Waals surface area contributed by atoms with Crippen LogP contribution in [0.3, 0.4) is 0 Å². The van der Waals surface area contributed by atoms with Crippen LogP contribution in [-0.4, -0.2) is 41.1 Å². The predicted octanol–water partition coefficient (Wildman–Crippen LogP) is 2.10. The molecule has 2 aromatic rings. The third-order valence-corrected chi connectivity index (χ3v) is 3.54. The van der Waals surface area contributed by atoms with E-state index in [1.807, 2.05) is 6.07 Å². The summed E-state index contributed by atoms with van der Waals surface area (Å²) in [5, 5.41) is 3.48. The lowest BCUT2D eigenvalue weighted by molar-refractivity contribution is 0.348. The summed E-state index contributed by atoms with van der Waals surface area (Å²) in [5.74, 6) is 1.13. The summed E-state index contributed by atoms with van der Waals surface area (Å²) in [5.41, 5.74) is 2.32. The van der Waals surface area contributed by atoms with Gasteiger partial charge in [-0.05, 0) is 32.6 Å². The van der Waals surface area contributed by atoms with Gasteiger partial charge in [0, 0.05) is 19.6 Å². The van der Waals surface area contributed by atoms with Crippen LogP contribution in [0.25, 0.3) is 11.0 Å². The number of rotatable bonds is 7. The Bertz CT molecular complexity index is 518. The molecule has 0 atom stereocenters. The van der Waals surface area contributed by atoms with Crippen LogP contribution >= 0.6 is 0 Å². The molecule has 0 radical (unpaired) electrons. The number of aryl methyl sites for hydroxylation is 1. The molecule has 104 valence electrons. The van der Waals surface area contributed by atoms with Gasteiger partial charge in [-0.15, -0.1) is 0 Å². The Labute approximate surface area is 115 Å². The second kappa shape index (κ2) is 6.68. The van der Waals surface area contributed by atoms with Crippen molar-refractivity contribution in [1.29, 1.82) is 0 Å². The second-order valence-electron chi connectivity index (χ2n) is 4.83. The van der Waals surface area contributed by atoms with Crippen LogP contribution < -0.4 is 5.32 Å². The molecule has 0 saturated heterocycles. The minimum absolute atomic E-state index is 0.833. The van der Waals surface area contributed by atoms with Gasteiger partial charge in [0.25, 0.3) is 0 Å². The maximum Gasteiger partial charge on any atom is 0.123 e. The SMILES string of the molecule is CCN(C)CCNCc1nc2ccccc2n1CC. The fourth-order valence-electron chi connectivity index (χ4n) is 2.24. The highest BCUT2D eigenvalue weighted by Crippen LogP contribution is 2.15. The summed E-state index contributed by atoms with van der Waals surface area (Å²) in [6.45, 7) is 9.31. The standard InChI is InChI=1S/C15H24N4/c1-4-18(3)11-10-16-12-15-17-13-8-6-7-9-14(13)19(15)5-2/h6-9,16H,4-5,10-12H2,1-3H3. The summed E-state index contributed by atoms with van der Waals surface area (Å²) in [6.07, 6.45) is 0. The number of hydrogen-bond acceptors (Lipinski definition) is 3. The molecule has 19 heavy (non-hydrogen) atoms. The van der Waals surface area contributed by atoms with Crippen molar-refractivity contribution in [3.8, 4) is 0 Å². The topological polar surface area (TPSA) is 33.1 Å². The van der Waals surface area contributed by atoms with Crippen molar-refractivity contribution in [1.82, 2.24) is 19.8 Å². The van der Waals surface area contributed by atoms with Gasteiger partial charge in [0.05, 0.1) is 17.6 Å². The molecule has 0 amide bonds. The molecular weight excluding hydrogens is 236 g/mol. The highest BCUT2D eigenvalue weighted by atomic mass is 15.1. The van der Waals surface area contributed by atoms with E-state index in [0.717, 1.165) is 44.1 Å². The first-order valence-corrected chi connectivity index (χ1v) is 7.09. The summed E-state index contributed by atoms with van der Waals surface area (Å²) in [7, 11) is 2.14. The van der Waals surface area contributed by atoms with Crippen LogP contribution in [0.4, 0.5) is 0 Å². The number of benzene rings is 1. The van der Waals surface area contributed by atoms with E-state index in [-0.39, 0.29) is 0 Å². The fourth-order valence-corrected chi connectivity index (χ4v) is 2.24. The molecular formula is C15H24N4. The Balaban J connectivity index is 2.00. The smallest absolute Gasteiger partial charge is 0.123 e. The first-order valence-electron chi connectivity index (χ1n) is 7.09. The van der Waals surface area contributed by atoms with Gasteiger partial charge in [0.15, 0.2) is 0 Å². The average molecular weight is 260 g/mol. The lowest BCUT2D eigenvalue weighted by Crippen LogP contribution is -2.29. The number of fused-ring (bicyclic) bond motifs is 1. The lowest BCUT2D eigenvalue weighted by atomic mass is 10.3. The monoisotopic (exact) mass is 260 g/mol. The van der Waals surface area contributed by atoms with Crippen LogP contribution in [0.2, 0.25) is 0 Å². The molecule has 4 heteroatoms. The molecule has 0 aliphatic rings. The van der Waals surface area contributed by atoms with Crippen LogP contribution in [0.15, 0.2) is 24.3 Å². The number of hydrogen-bond donors (Lipinski definition) is 1. The van der Waals surface area contributed by atoms with Crippen molar-refractivity contribution < 1.29 is 0 Å². The van der Waals surface area contributed by atoms with Crippen molar-refractivity contribution in [3.05, 3.63) is 30.1 Å². The fraction of sp³-hybridized carbons (Fsp3) is 0.533. The largest absolute Gasteiger partial charge is 0.327 e. The lowest BCUT2D eigenvalue weighted by Gasteiger charge is -2.14. The number of nitrogens with one attached hydrogen (secondary N) is 1. The molecule has 0 aliphatic heterocycles. The molecule has 0 aliphatic carbocycles. The number of likely N-dealkylation sites (N-methyl/N-ethyl adjacent to an activating group) is 1. The van der Waals surface area contributed by atoms with Gasteiger partial charge in [-0.3, -0.25) is 0 Å². The third kappa shape index (κ3) is 3.33. The minimum Gasteiger partial charge on any atom is -0.327 e. The zero-order chi connectivity index (χ0) is 13.7. The molecule has 0 bridgehead atoms. The summed E-state index contributed by atoms with van der Waals surface area (Å²) in [6, 6.07) is 8.34. The molecule has 4 nitrogen and oxygen atoms in total. The van der Waals surface area contributed by atoms with Gasteiger partial charge >= 0.3 is 0 Å². The maximum atomic E-state index is 4.71. The highest BCUT2D eigenvalue weighted by molar-refractivity contribution is 5.75. The number of para-hydroxylation sites is 2. The van der Waals surface area contributed by atoms with E-state index in [1.165, 1.54) is 5.52 Å². The van der Waals surface area contributed by atoms with Gasteiger partial charge in [0.2, 0.25) is 0 Å². The Kier molecular flexibility index (Phi) is 4.93. The van der Waals surface area contributed by atoms with Crippen LogP contribution in [0.5, 0.6) is 0 Å². The first-order chi connectivity index (χ1) is 9.26. The van der Waals surface area contributed by atoms with E-state index >= 15 is 0 Å². The first kappa shape index (κ1) is 14.0. The molecule has 0 unspecified atom stereocenters. The minimum atomic E-state index is 0.833. The molecule has 1 aromatic carbocycles. The van der Waals surface area contributed by atoms with Gasteiger partial charge in [0.1, 0.15) is 5.82 Å². The van der Waals surface area contributed by atoms with E-state index in [0.29, 0.717) is 0 Å². The normalized spacial score (nSPS) is 11.6. The summed E-state index contributed by atoms with van der Waals surface area (Å²) >= 11 is 0. The van der Waals surface area contributed by atoms with Crippen molar-refractivity contribution in [2.75, 3.05) is 26.7 Å². The Morgan fingerprint density at radius 3 is 2.79 bits per heavy atom. The van der Waals surface area contributed by atoms with E-state index in [4.69, 9.17) is 4.98 Å².